The summed E-state index contributed by atoms with van der Waals surface area (Å²) >= 11 is 4.99. The van der Waals surface area contributed by atoms with Crippen molar-refractivity contribution in [3.63, 3.8) is 0 Å². The third-order valence-electron chi connectivity index (χ3n) is 5.57. The van der Waals surface area contributed by atoms with Gasteiger partial charge in [0.1, 0.15) is 5.76 Å². The smallest absolute Gasteiger partial charge is 0.267 e. The molecule has 0 spiro atoms. The molecule has 3 heterocycles. The van der Waals surface area contributed by atoms with Gasteiger partial charge in [-0.25, -0.2) is 0 Å². The van der Waals surface area contributed by atoms with Crippen molar-refractivity contribution >= 4 is 50.7 Å². The van der Waals surface area contributed by atoms with Crippen LogP contribution in [0.5, 0.6) is 0 Å². The summed E-state index contributed by atoms with van der Waals surface area (Å²) in [7, 11) is 0. The molecule has 0 aliphatic carbocycles. The third kappa shape index (κ3) is 5.29. The fourth-order valence-corrected chi connectivity index (χ4v) is 5.35. The first-order valence-corrected chi connectivity index (χ1v) is 12.7. The van der Waals surface area contributed by atoms with Crippen LogP contribution in [-0.4, -0.2) is 42.3 Å². The lowest BCUT2D eigenvalue weighted by Crippen LogP contribution is -2.36. The quantitative estimate of drug-likeness (QED) is 0.385. The highest BCUT2D eigenvalue weighted by Crippen LogP contribution is 2.37. The predicted octanol–water partition coefficient (Wildman–Crippen LogP) is 5.55. The summed E-state index contributed by atoms with van der Waals surface area (Å²) < 4.78 is 12.4. The Labute approximate surface area is 211 Å². The van der Waals surface area contributed by atoms with Crippen molar-refractivity contribution in [1.29, 1.82) is 0 Å². The number of ether oxygens (including phenoxy) is 1. The molecule has 0 N–H and O–H groups in total. The molecular formula is C26H24BrN3O3S. The maximum atomic E-state index is 13.4. The monoisotopic (exact) mass is 537 g/mol. The van der Waals surface area contributed by atoms with Gasteiger partial charge in [-0.1, -0.05) is 60.7 Å². The highest BCUT2D eigenvalue weighted by atomic mass is 79.9. The van der Waals surface area contributed by atoms with Crippen LogP contribution in [0, 0.1) is 0 Å². The molecule has 8 heteroatoms. The summed E-state index contributed by atoms with van der Waals surface area (Å²) in [6.07, 6.45) is 1.81. The number of hydrogen-bond donors (Lipinski definition) is 0. The van der Waals surface area contributed by atoms with Gasteiger partial charge in [0.15, 0.2) is 5.17 Å². The van der Waals surface area contributed by atoms with Gasteiger partial charge in [-0.3, -0.25) is 14.7 Å². The number of carbonyl (C=O) groups excluding carboxylic acids is 1. The molecule has 3 aromatic rings. The van der Waals surface area contributed by atoms with Crippen LogP contribution >= 0.6 is 27.7 Å². The van der Waals surface area contributed by atoms with Gasteiger partial charge >= 0.3 is 0 Å². The first-order chi connectivity index (χ1) is 16.7. The van der Waals surface area contributed by atoms with Crippen molar-refractivity contribution in [2.24, 2.45) is 4.99 Å². The zero-order valence-corrected chi connectivity index (χ0v) is 20.9. The zero-order valence-electron chi connectivity index (χ0n) is 18.5. The van der Waals surface area contributed by atoms with Crippen LogP contribution in [0.3, 0.4) is 0 Å². The topological polar surface area (TPSA) is 58.3 Å². The summed E-state index contributed by atoms with van der Waals surface area (Å²) in [5.74, 6) is 1.33. The molecule has 2 aliphatic heterocycles. The number of morpholine rings is 1. The minimum atomic E-state index is -0.0684. The van der Waals surface area contributed by atoms with E-state index in [1.54, 1.807) is 4.90 Å². The lowest BCUT2D eigenvalue weighted by atomic mass is 10.2. The lowest BCUT2D eigenvalue weighted by Gasteiger charge is -2.26. The van der Waals surface area contributed by atoms with Crippen LogP contribution in [0.2, 0.25) is 0 Å². The second kappa shape index (κ2) is 10.6. The Morgan fingerprint density at radius 1 is 1.00 bits per heavy atom. The van der Waals surface area contributed by atoms with E-state index in [-0.39, 0.29) is 5.91 Å². The number of nitrogens with zero attached hydrogens (tertiary/aromatic N) is 3. The molecular weight excluding hydrogens is 514 g/mol. The van der Waals surface area contributed by atoms with Gasteiger partial charge in [0.05, 0.1) is 35.7 Å². The molecule has 5 rings (SSSR count). The van der Waals surface area contributed by atoms with Crippen LogP contribution in [0.25, 0.3) is 6.08 Å². The molecule has 34 heavy (non-hydrogen) atoms. The Balaban J connectivity index is 1.41. The molecule has 2 fully saturated rings. The predicted molar refractivity (Wildman–Crippen MR) is 140 cm³/mol. The first kappa shape index (κ1) is 23.0. The van der Waals surface area contributed by atoms with Crippen LogP contribution in [0.15, 0.2) is 85.5 Å². The number of thioether (sulfide) groups is 1. The number of aliphatic imine (C=N–C) groups is 1. The van der Waals surface area contributed by atoms with Crippen molar-refractivity contribution in [2.45, 2.75) is 13.1 Å². The average molecular weight is 538 g/mol. The van der Waals surface area contributed by atoms with Gasteiger partial charge in [-0.05, 0) is 38.8 Å². The Hall–Kier alpha value is -2.81. The average Bonchev–Trinajstić information content (AvgIpc) is 3.39. The molecule has 2 aliphatic rings. The second-order valence-corrected chi connectivity index (χ2v) is 9.84. The number of halogens is 1. The normalized spacial score (nSPS) is 18.9. The van der Waals surface area contributed by atoms with E-state index in [0.29, 0.717) is 42.1 Å². The minimum absolute atomic E-state index is 0.0684. The summed E-state index contributed by atoms with van der Waals surface area (Å²) in [6.45, 7) is 3.89. The summed E-state index contributed by atoms with van der Waals surface area (Å²) in [5, 5.41) is 0.697. The Morgan fingerprint density at radius 2 is 1.68 bits per heavy atom. The number of amidine groups is 1. The number of hydrogen-bond acceptors (Lipinski definition) is 6. The number of rotatable bonds is 6. The third-order valence-corrected chi connectivity index (χ3v) is 7.18. The number of benzene rings is 2. The molecule has 1 amide bonds. The molecule has 0 radical (unpaired) electrons. The van der Waals surface area contributed by atoms with E-state index < -0.39 is 0 Å². The SMILES string of the molecule is O=C1/C(=C/c2cc(Br)c(N3CCOCC3)o2)SC(=NCc2ccccc2)N1Cc1ccccc1. The van der Waals surface area contributed by atoms with Gasteiger partial charge in [0, 0.05) is 25.2 Å². The van der Waals surface area contributed by atoms with Gasteiger partial charge in [-0.15, -0.1) is 0 Å². The van der Waals surface area contributed by atoms with E-state index in [4.69, 9.17) is 14.1 Å². The van der Waals surface area contributed by atoms with Gasteiger partial charge in [0.25, 0.3) is 5.91 Å². The van der Waals surface area contributed by atoms with Crippen molar-refractivity contribution in [3.05, 3.63) is 93.0 Å². The second-order valence-electron chi connectivity index (χ2n) is 7.97. The highest BCUT2D eigenvalue weighted by Gasteiger charge is 2.34. The van der Waals surface area contributed by atoms with Gasteiger partial charge < -0.3 is 14.1 Å². The molecule has 6 nitrogen and oxygen atoms in total. The number of furan rings is 1. The maximum Gasteiger partial charge on any atom is 0.267 e. The Bertz CT molecular complexity index is 1200. The van der Waals surface area contributed by atoms with E-state index in [1.165, 1.54) is 11.8 Å². The molecule has 0 bridgehead atoms. The number of amides is 1. The van der Waals surface area contributed by atoms with Crippen molar-refractivity contribution < 1.29 is 13.9 Å². The largest absolute Gasteiger partial charge is 0.440 e. The fraction of sp³-hybridized carbons (Fsp3) is 0.231. The number of anilines is 1. The van der Waals surface area contributed by atoms with E-state index in [9.17, 15) is 4.79 Å². The van der Waals surface area contributed by atoms with Crippen LogP contribution in [0.4, 0.5) is 5.88 Å². The van der Waals surface area contributed by atoms with Gasteiger partial charge in [-0.2, -0.15) is 0 Å². The molecule has 0 unspecified atom stereocenters. The summed E-state index contributed by atoms with van der Waals surface area (Å²) in [6, 6.07) is 21.9. The van der Waals surface area contributed by atoms with E-state index >= 15 is 0 Å². The maximum absolute atomic E-state index is 13.4. The van der Waals surface area contributed by atoms with Crippen LogP contribution in [-0.2, 0) is 22.6 Å². The van der Waals surface area contributed by atoms with Crippen LogP contribution in [0.1, 0.15) is 16.9 Å². The Kier molecular flexibility index (Phi) is 7.18. The lowest BCUT2D eigenvalue weighted by molar-refractivity contribution is -0.122. The van der Waals surface area contributed by atoms with Crippen molar-refractivity contribution in [2.75, 3.05) is 31.2 Å². The standard InChI is InChI=1S/C26H24BrN3O3S/c27-22-15-21(33-25(22)29-11-13-32-14-12-29)16-23-24(31)30(18-20-9-5-2-6-10-20)26(34-23)28-17-19-7-3-1-4-8-19/h1-10,15-16H,11-14,17-18H2/b23-16-,28-26?. The van der Waals surface area contributed by atoms with E-state index in [0.717, 1.165) is 34.6 Å². The first-order valence-electron chi connectivity index (χ1n) is 11.1. The molecule has 174 valence electrons. The highest BCUT2D eigenvalue weighted by molar-refractivity contribution is 9.10. The van der Waals surface area contributed by atoms with E-state index in [2.05, 4.69) is 20.8 Å². The summed E-state index contributed by atoms with van der Waals surface area (Å²) in [5.41, 5.74) is 2.16. The molecule has 1 aromatic heterocycles. The number of carbonyl (C=O) groups is 1. The van der Waals surface area contributed by atoms with Crippen LogP contribution < -0.4 is 4.90 Å². The van der Waals surface area contributed by atoms with Gasteiger partial charge in [0.2, 0.25) is 5.88 Å². The minimum Gasteiger partial charge on any atom is -0.440 e. The van der Waals surface area contributed by atoms with E-state index in [1.807, 2.05) is 72.8 Å². The molecule has 2 saturated heterocycles. The Morgan fingerprint density at radius 3 is 2.38 bits per heavy atom. The molecule has 0 atom stereocenters. The molecule has 0 saturated carbocycles. The molecule has 2 aromatic carbocycles. The van der Waals surface area contributed by atoms with Crippen molar-refractivity contribution in [1.82, 2.24) is 4.90 Å². The zero-order chi connectivity index (χ0) is 23.3. The fourth-order valence-electron chi connectivity index (χ4n) is 3.83. The summed E-state index contributed by atoms with van der Waals surface area (Å²) in [4.78, 5) is 22.7. The van der Waals surface area contributed by atoms with Crippen molar-refractivity contribution in [3.8, 4) is 0 Å².